The molecule has 0 radical (unpaired) electrons. The van der Waals surface area contributed by atoms with Crippen molar-refractivity contribution in [2.24, 2.45) is 5.84 Å². The van der Waals surface area contributed by atoms with E-state index in [1.165, 1.54) is 12.1 Å². The first-order chi connectivity index (χ1) is 9.45. The van der Waals surface area contributed by atoms with Crippen LogP contribution in [0.25, 0.3) is 0 Å². The monoisotopic (exact) mass is 408 g/mol. The second-order valence-corrected chi connectivity index (χ2v) is 5.93. The molecule has 0 aromatic heterocycles. The van der Waals surface area contributed by atoms with Crippen LogP contribution < -0.4 is 11.3 Å². The highest BCUT2D eigenvalue weighted by Crippen LogP contribution is 2.30. The molecule has 0 saturated heterocycles. The van der Waals surface area contributed by atoms with E-state index in [4.69, 9.17) is 17.4 Å². The SMILES string of the molecule is Cc1ccc(F)c(C(NN)c2ccc(I)c(Cl)c2)c1F. The van der Waals surface area contributed by atoms with Gasteiger partial charge in [0.1, 0.15) is 11.6 Å². The van der Waals surface area contributed by atoms with Crippen LogP contribution in [-0.2, 0) is 0 Å². The highest BCUT2D eigenvalue weighted by atomic mass is 127. The largest absolute Gasteiger partial charge is 0.271 e. The Morgan fingerprint density at radius 2 is 1.95 bits per heavy atom. The van der Waals surface area contributed by atoms with Gasteiger partial charge in [0.25, 0.3) is 0 Å². The Hall–Kier alpha value is -0.760. The second kappa shape index (κ2) is 6.34. The molecule has 0 fully saturated rings. The summed E-state index contributed by atoms with van der Waals surface area (Å²) in [7, 11) is 0. The average Bonchev–Trinajstić information content (AvgIpc) is 2.42. The number of rotatable bonds is 3. The molecule has 2 nitrogen and oxygen atoms in total. The normalized spacial score (nSPS) is 12.5. The maximum atomic E-state index is 14.2. The van der Waals surface area contributed by atoms with E-state index in [-0.39, 0.29) is 5.56 Å². The molecule has 0 spiro atoms. The molecule has 6 heteroatoms. The fraction of sp³-hybridized carbons (Fsp3) is 0.143. The van der Waals surface area contributed by atoms with Crippen molar-refractivity contribution in [3.05, 3.63) is 67.2 Å². The van der Waals surface area contributed by atoms with E-state index in [1.54, 1.807) is 25.1 Å². The van der Waals surface area contributed by atoms with Crippen LogP contribution in [0.2, 0.25) is 5.02 Å². The van der Waals surface area contributed by atoms with Crippen LogP contribution in [0.1, 0.15) is 22.7 Å². The summed E-state index contributed by atoms with van der Waals surface area (Å²) in [5.41, 5.74) is 3.30. The van der Waals surface area contributed by atoms with E-state index in [0.717, 1.165) is 3.57 Å². The van der Waals surface area contributed by atoms with Crippen LogP contribution in [0, 0.1) is 22.1 Å². The van der Waals surface area contributed by atoms with Crippen molar-refractivity contribution in [3.63, 3.8) is 0 Å². The van der Waals surface area contributed by atoms with Gasteiger partial charge in [-0.25, -0.2) is 14.2 Å². The number of nitrogens with two attached hydrogens (primary N) is 1. The Balaban J connectivity index is 2.58. The molecular weight excluding hydrogens is 397 g/mol. The molecule has 0 heterocycles. The van der Waals surface area contributed by atoms with Gasteiger partial charge in [-0.2, -0.15) is 0 Å². The Bertz CT molecular complexity index is 649. The molecule has 2 aromatic carbocycles. The summed E-state index contributed by atoms with van der Waals surface area (Å²) in [6.45, 7) is 1.58. The minimum atomic E-state index is -0.801. The predicted octanol–water partition coefficient (Wildman–Crippen LogP) is 4.08. The van der Waals surface area contributed by atoms with Gasteiger partial charge in [-0.15, -0.1) is 0 Å². The van der Waals surface area contributed by atoms with Gasteiger partial charge in [0, 0.05) is 9.13 Å². The maximum Gasteiger partial charge on any atom is 0.134 e. The van der Waals surface area contributed by atoms with Gasteiger partial charge in [-0.3, -0.25) is 5.84 Å². The van der Waals surface area contributed by atoms with Crippen LogP contribution in [0.3, 0.4) is 0 Å². The molecule has 1 unspecified atom stereocenters. The van der Waals surface area contributed by atoms with Gasteiger partial charge >= 0.3 is 0 Å². The molecular formula is C14H12ClF2IN2. The third-order valence-corrected chi connectivity index (χ3v) is 4.62. The van der Waals surface area contributed by atoms with Gasteiger partial charge in [0.05, 0.1) is 11.1 Å². The Morgan fingerprint density at radius 1 is 1.25 bits per heavy atom. The first-order valence-electron chi connectivity index (χ1n) is 5.81. The maximum absolute atomic E-state index is 14.2. The number of hydrogen-bond acceptors (Lipinski definition) is 2. The Morgan fingerprint density at radius 3 is 2.55 bits per heavy atom. The highest BCUT2D eigenvalue weighted by Gasteiger charge is 2.22. The fourth-order valence-corrected chi connectivity index (χ4v) is 2.51. The summed E-state index contributed by atoms with van der Waals surface area (Å²) in [5.74, 6) is 4.23. The van der Waals surface area contributed by atoms with E-state index < -0.39 is 17.7 Å². The summed E-state index contributed by atoms with van der Waals surface area (Å²) in [5, 5.41) is 0.511. The summed E-state index contributed by atoms with van der Waals surface area (Å²) in [6.07, 6.45) is 0. The zero-order valence-electron chi connectivity index (χ0n) is 10.6. The van der Waals surface area contributed by atoms with Crippen molar-refractivity contribution in [2.45, 2.75) is 13.0 Å². The molecule has 0 aliphatic carbocycles. The molecule has 106 valence electrons. The van der Waals surface area contributed by atoms with Crippen molar-refractivity contribution in [3.8, 4) is 0 Å². The number of halogens is 4. The molecule has 3 N–H and O–H groups in total. The smallest absolute Gasteiger partial charge is 0.134 e. The molecule has 0 bridgehead atoms. The van der Waals surface area contributed by atoms with Crippen molar-refractivity contribution in [2.75, 3.05) is 0 Å². The fourth-order valence-electron chi connectivity index (χ4n) is 1.98. The van der Waals surface area contributed by atoms with Gasteiger partial charge in [0.15, 0.2) is 0 Å². The third kappa shape index (κ3) is 2.95. The van der Waals surface area contributed by atoms with E-state index in [2.05, 4.69) is 28.0 Å². The molecule has 0 amide bonds. The summed E-state index contributed by atoms with van der Waals surface area (Å²) in [6, 6.07) is 6.97. The summed E-state index contributed by atoms with van der Waals surface area (Å²) < 4.78 is 29.0. The van der Waals surface area contributed by atoms with Crippen molar-refractivity contribution >= 4 is 34.2 Å². The molecule has 2 rings (SSSR count). The molecule has 0 aliphatic heterocycles. The zero-order valence-corrected chi connectivity index (χ0v) is 13.5. The van der Waals surface area contributed by atoms with Gasteiger partial charge in [-0.05, 0) is 58.8 Å². The van der Waals surface area contributed by atoms with E-state index in [0.29, 0.717) is 16.1 Å². The molecule has 0 saturated carbocycles. The molecule has 2 aromatic rings. The van der Waals surface area contributed by atoms with Crippen LogP contribution in [0.5, 0.6) is 0 Å². The lowest BCUT2D eigenvalue weighted by Crippen LogP contribution is -2.30. The minimum Gasteiger partial charge on any atom is -0.271 e. The topological polar surface area (TPSA) is 38.0 Å². The number of hydrogen-bond donors (Lipinski definition) is 2. The average molecular weight is 409 g/mol. The molecule has 20 heavy (non-hydrogen) atoms. The van der Waals surface area contributed by atoms with E-state index in [9.17, 15) is 8.78 Å². The van der Waals surface area contributed by atoms with Crippen molar-refractivity contribution in [1.29, 1.82) is 0 Å². The van der Waals surface area contributed by atoms with Gasteiger partial charge in [-0.1, -0.05) is 23.7 Å². The Kier molecular flexibility index (Phi) is 4.95. The lowest BCUT2D eigenvalue weighted by Gasteiger charge is -2.19. The zero-order chi connectivity index (χ0) is 14.9. The quantitative estimate of drug-likeness (QED) is 0.456. The van der Waals surface area contributed by atoms with Gasteiger partial charge in [0.2, 0.25) is 0 Å². The molecule has 1 atom stereocenters. The predicted molar refractivity (Wildman–Crippen MR) is 84.4 cm³/mol. The molecule has 0 aliphatic rings. The Labute approximate surface area is 134 Å². The van der Waals surface area contributed by atoms with Crippen LogP contribution >= 0.6 is 34.2 Å². The number of hydrazine groups is 1. The van der Waals surface area contributed by atoms with Crippen molar-refractivity contribution < 1.29 is 8.78 Å². The number of aryl methyl sites for hydroxylation is 1. The van der Waals surface area contributed by atoms with E-state index in [1.807, 2.05) is 0 Å². The highest BCUT2D eigenvalue weighted by molar-refractivity contribution is 14.1. The summed E-state index contributed by atoms with van der Waals surface area (Å²) in [4.78, 5) is 0. The first kappa shape index (κ1) is 15.6. The standard InChI is InChI=1S/C14H12ClF2IN2/c1-7-2-4-10(16)12(13(7)17)14(20-19)8-3-5-11(18)9(15)6-8/h2-6,14,20H,19H2,1H3. The van der Waals surface area contributed by atoms with Crippen molar-refractivity contribution in [1.82, 2.24) is 5.43 Å². The van der Waals surface area contributed by atoms with Crippen LogP contribution in [0.4, 0.5) is 8.78 Å². The lowest BCUT2D eigenvalue weighted by molar-refractivity contribution is 0.506. The summed E-state index contributed by atoms with van der Waals surface area (Å²) >= 11 is 8.13. The van der Waals surface area contributed by atoms with E-state index >= 15 is 0 Å². The number of nitrogens with one attached hydrogen (secondary N) is 1. The third-order valence-electron chi connectivity index (χ3n) is 3.05. The lowest BCUT2D eigenvalue weighted by atomic mass is 9.96. The number of benzene rings is 2. The minimum absolute atomic E-state index is 0.107. The van der Waals surface area contributed by atoms with Gasteiger partial charge < -0.3 is 0 Å². The second-order valence-electron chi connectivity index (χ2n) is 4.37. The van der Waals surface area contributed by atoms with Crippen LogP contribution in [-0.4, -0.2) is 0 Å². The first-order valence-corrected chi connectivity index (χ1v) is 7.27. The van der Waals surface area contributed by atoms with Crippen LogP contribution in [0.15, 0.2) is 30.3 Å².